The summed E-state index contributed by atoms with van der Waals surface area (Å²) in [6, 6.07) is 7.55. The third-order valence-corrected chi connectivity index (χ3v) is 3.33. The van der Waals surface area contributed by atoms with Gasteiger partial charge in [-0.05, 0) is 30.2 Å². The van der Waals surface area contributed by atoms with Crippen molar-refractivity contribution >= 4 is 15.9 Å². The van der Waals surface area contributed by atoms with Crippen molar-refractivity contribution in [2.24, 2.45) is 5.73 Å². The largest absolute Gasteiger partial charge is 0.324 e. The molecular formula is C14H11BrF3N. The molecule has 1 atom stereocenters. The van der Waals surface area contributed by atoms with Crippen LogP contribution < -0.4 is 5.73 Å². The minimum absolute atomic E-state index is 0.0438. The van der Waals surface area contributed by atoms with Gasteiger partial charge in [0.05, 0.1) is 0 Å². The van der Waals surface area contributed by atoms with Crippen molar-refractivity contribution in [2.45, 2.75) is 12.5 Å². The summed E-state index contributed by atoms with van der Waals surface area (Å²) in [7, 11) is 0. The molecule has 2 rings (SSSR count). The first-order valence-electron chi connectivity index (χ1n) is 5.62. The normalized spacial score (nSPS) is 12.5. The van der Waals surface area contributed by atoms with Gasteiger partial charge in [0, 0.05) is 16.1 Å². The third kappa shape index (κ3) is 3.16. The van der Waals surface area contributed by atoms with Gasteiger partial charge in [-0.25, -0.2) is 13.2 Å². The Balaban J connectivity index is 2.25. The lowest BCUT2D eigenvalue weighted by Gasteiger charge is -2.14. The maximum absolute atomic E-state index is 13.7. The SMILES string of the molecule is NC(Cc1ccc(Br)cc1F)c1cccc(F)c1F. The molecule has 1 nitrogen and oxygen atoms in total. The van der Waals surface area contributed by atoms with E-state index >= 15 is 0 Å². The van der Waals surface area contributed by atoms with E-state index in [1.54, 1.807) is 12.1 Å². The number of hydrogen-bond acceptors (Lipinski definition) is 1. The fourth-order valence-electron chi connectivity index (χ4n) is 1.84. The summed E-state index contributed by atoms with van der Waals surface area (Å²) in [5.74, 6) is -2.36. The summed E-state index contributed by atoms with van der Waals surface area (Å²) in [4.78, 5) is 0. The Labute approximate surface area is 117 Å². The Morgan fingerprint density at radius 3 is 2.47 bits per heavy atom. The lowest BCUT2D eigenvalue weighted by molar-refractivity contribution is 0.486. The first kappa shape index (κ1) is 14.1. The Morgan fingerprint density at radius 1 is 1.05 bits per heavy atom. The molecule has 2 aromatic carbocycles. The molecule has 0 amide bonds. The highest BCUT2D eigenvalue weighted by molar-refractivity contribution is 9.10. The van der Waals surface area contributed by atoms with Crippen LogP contribution in [0.4, 0.5) is 13.2 Å². The number of halogens is 4. The highest BCUT2D eigenvalue weighted by Crippen LogP contribution is 2.23. The van der Waals surface area contributed by atoms with Crippen molar-refractivity contribution in [1.29, 1.82) is 0 Å². The molecule has 2 aromatic rings. The summed E-state index contributed by atoms with van der Waals surface area (Å²) in [6.45, 7) is 0. The molecule has 0 saturated heterocycles. The van der Waals surface area contributed by atoms with E-state index in [9.17, 15) is 13.2 Å². The molecule has 0 bridgehead atoms. The van der Waals surface area contributed by atoms with Gasteiger partial charge in [-0.1, -0.05) is 34.1 Å². The second-order valence-corrected chi connectivity index (χ2v) is 5.11. The van der Waals surface area contributed by atoms with Crippen LogP contribution in [0.15, 0.2) is 40.9 Å². The minimum atomic E-state index is -0.979. The molecular weight excluding hydrogens is 319 g/mol. The molecule has 0 aromatic heterocycles. The average Bonchev–Trinajstić information content (AvgIpc) is 2.36. The van der Waals surface area contributed by atoms with E-state index < -0.39 is 23.5 Å². The van der Waals surface area contributed by atoms with Gasteiger partial charge < -0.3 is 5.73 Å². The maximum Gasteiger partial charge on any atom is 0.163 e. The van der Waals surface area contributed by atoms with Crippen molar-refractivity contribution in [3.05, 3.63) is 69.4 Å². The zero-order valence-electron chi connectivity index (χ0n) is 9.84. The zero-order chi connectivity index (χ0) is 14.0. The first-order chi connectivity index (χ1) is 8.99. The highest BCUT2D eigenvalue weighted by atomic mass is 79.9. The Kier molecular flexibility index (Phi) is 4.27. The van der Waals surface area contributed by atoms with Gasteiger partial charge in [-0.3, -0.25) is 0 Å². The van der Waals surface area contributed by atoms with Gasteiger partial charge in [0.15, 0.2) is 11.6 Å². The van der Waals surface area contributed by atoms with E-state index in [1.165, 1.54) is 18.2 Å². The molecule has 0 heterocycles. The van der Waals surface area contributed by atoms with E-state index in [-0.39, 0.29) is 12.0 Å². The monoisotopic (exact) mass is 329 g/mol. The van der Waals surface area contributed by atoms with Gasteiger partial charge in [-0.2, -0.15) is 0 Å². The maximum atomic E-state index is 13.7. The summed E-state index contributed by atoms with van der Waals surface area (Å²) in [6.07, 6.45) is 0.0967. The molecule has 100 valence electrons. The van der Waals surface area contributed by atoms with Crippen LogP contribution in [0.3, 0.4) is 0 Å². The molecule has 0 spiro atoms. The summed E-state index contributed by atoms with van der Waals surface area (Å²) in [5.41, 5.74) is 6.22. The number of rotatable bonds is 3. The molecule has 0 radical (unpaired) electrons. The second kappa shape index (κ2) is 5.75. The molecule has 0 aliphatic heterocycles. The Bertz CT molecular complexity index is 601. The highest BCUT2D eigenvalue weighted by Gasteiger charge is 2.16. The van der Waals surface area contributed by atoms with Crippen molar-refractivity contribution in [1.82, 2.24) is 0 Å². The van der Waals surface area contributed by atoms with Crippen LogP contribution in [0.1, 0.15) is 17.2 Å². The smallest absolute Gasteiger partial charge is 0.163 e. The summed E-state index contributed by atoms with van der Waals surface area (Å²) in [5, 5.41) is 0. The predicted molar refractivity (Wildman–Crippen MR) is 71.1 cm³/mol. The molecule has 5 heteroatoms. The van der Waals surface area contributed by atoms with Crippen LogP contribution in [-0.2, 0) is 6.42 Å². The molecule has 0 saturated carbocycles. The number of nitrogens with two attached hydrogens (primary N) is 1. The van der Waals surface area contributed by atoms with Crippen LogP contribution in [0.2, 0.25) is 0 Å². The lowest BCUT2D eigenvalue weighted by atomic mass is 9.99. The first-order valence-corrected chi connectivity index (χ1v) is 6.41. The van der Waals surface area contributed by atoms with Crippen LogP contribution in [0.25, 0.3) is 0 Å². The van der Waals surface area contributed by atoms with Gasteiger partial charge >= 0.3 is 0 Å². The van der Waals surface area contributed by atoms with E-state index in [0.29, 0.717) is 10.0 Å². The van der Waals surface area contributed by atoms with Crippen molar-refractivity contribution in [2.75, 3.05) is 0 Å². The quantitative estimate of drug-likeness (QED) is 0.901. The number of benzene rings is 2. The lowest BCUT2D eigenvalue weighted by Crippen LogP contribution is -2.16. The second-order valence-electron chi connectivity index (χ2n) is 4.19. The fraction of sp³-hybridized carbons (Fsp3) is 0.143. The summed E-state index contributed by atoms with van der Waals surface area (Å²) < 4.78 is 40.9. The standard InChI is InChI=1S/C14H11BrF3N/c15-9-5-4-8(12(17)7-9)6-13(19)10-2-1-3-11(16)14(10)18/h1-5,7,13H,6,19H2. The minimum Gasteiger partial charge on any atom is -0.324 e. The van der Waals surface area contributed by atoms with Crippen molar-refractivity contribution in [3.8, 4) is 0 Å². The van der Waals surface area contributed by atoms with Crippen molar-refractivity contribution < 1.29 is 13.2 Å². The van der Waals surface area contributed by atoms with Crippen molar-refractivity contribution in [3.63, 3.8) is 0 Å². The zero-order valence-corrected chi connectivity index (χ0v) is 11.4. The van der Waals surface area contributed by atoms with E-state index in [1.807, 2.05) is 0 Å². The fourth-order valence-corrected chi connectivity index (χ4v) is 2.17. The van der Waals surface area contributed by atoms with Crippen LogP contribution in [0.5, 0.6) is 0 Å². The van der Waals surface area contributed by atoms with E-state index in [2.05, 4.69) is 15.9 Å². The average molecular weight is 330 g/mol. The topological polar surface area (TPSA) is 26.0 Å². The molecule has 0 aliphatic carbocycles. The van der Waals surface area contributed by atoms with Gasteiger partial charge in [-0.15, -0.1) is 0 Å². The molecule has 0 aliphatic rings. The molecule has 19 heavy (non-hydrogen) atoms. The Morgan fingerprint density at radius 2 is 1.79 bits per heavy atom. The van der Waals surface area contributed by atoms with E-state index in [0.717, 1.165) is 6.07 Å². The predicted octanol–water partition coefficient (Wildman–Crippen LogP) is 4.11. The number of hydrogen-bond donors (Lipinski definition) is 1. The van der Waals surface area contributed by atoms with Crippen LogP contribution in [0, 0.1) is 17.5 Å². The molecule has 1 unspecified atom stereocenters. The van der Waals surface area contributed by atoms with E-state index in [4.69, 9.17) is 5.73 Å². The molecule has 0 fully saturated rings. The van der Waals surface area contributed by atoms with Gasteiger partial charge in [0.25, 0.3) is 0 Å². The molecule has 2 N–H and O–H groups in total. The Hall–Kier alpha value is -1.33. The van der Waals surface area contributed by atoms with Crippen LogP contribution >= 0.6 is 15.9 Å². The summed E-state index contributed by atoms with van der Waals surface area (Å²) >= 11 is 3.15. The van der Waals surface area contributed by atoms with Gasteiger partial charge in [0.2, 0.25) is 0 Å². The van der Waals surface area contributed by atoms with Gasteiger partial charge in [0.1, 0.15) is 5.82 Å². The van der Waals surface area contributed by atoms with Crippen LogP contribution in [-0.4, -0.2) is 0 Å². The third-order valence-electron chi connectivity index (χ3n) is 2.84.